The molecule has 2 heterocycles. The van der Waals surface area contributed by atoms with Gasteiger partial charge in [-0.25, -0.2) is 4.79 Å². The first kappa shape index (κ1) is 12.6. The van der Waals surface area contributed by atoms with Crippen molar-refractivity contribution in [2.45, 2.75) is 64.1 Å². The first-order valence-electron chi connectivity index (χ1n) is 6.18. The molecule has 0 aromatic heterocycles. The summed E-state index contributed by atoms with van der Waals surface area (Å²) < 4.78 is 16.9. The molecule has 98 valence electrons. The maximum Gasteiger partial charge on any atom is 0.407 e. The Morgan fingerprint density at radius 2 is 2.12 bits per heavy atom. The highest BCUT2D eigenvalue weighted by atomic mass is 16.8. The Bertz CT molecular complexity index is 318. The molecule has 1 N–H and O–H groups in total. The Hall–Kier alpha value is -0.810. The van der Waals surface area contributed by atoms with Crippen LogP contribution in [0.4, 0.5) is 4.79 Å². The van der Waals surface area contributed by atoms with E-state index >= 15 is 0 Å². The maximum atomic E-state index is 11.1. The number of cyclic esters (lactones) is 1. The third-order valence-electron chi connectivity index (χ3n) is 3.45. The van der Waals surface area contributed by atoms with Gasteiger partial charge in [-0.05, 0) is 27.2 Å². The van der Waals surface area contributed by atoms with E-state index < -0.39 is 11.4 Å². The van der Waals surface area contributed by atoms with Crippen LogP contribution in [0.2, 0.25) is 0 Å². The summed E-state index contributed by atoms with van der Waals surface area (Å²) >= 11 is 0. The molecule has 5 heteroatoms. The summed E-state index contributed by atoms with van der Waals surface area (Å²) in [6.07, 6.45) is 1.53. The van der Waals surface area contributed by atoms with Gasteiger partial charge < -0.3 is 19.5 Å². The number of rotatable bonds is 3. The molecule has 2 aliphatic rings. The zero-order valence-electron chi connectivity index (χ0n) is 10.9. The van der Waals surface area contributed by atoms with Crippen LogP contribution >= 0.6 is 0 Å². The molecule has 1 amide bonds. The number of carbonyl (C=O) groups is 1. The average Bonchev–Trinajstić information content (AvgIpc) is 2.71. The van der Waals surface area contributed by atoms with Crippen molar-refractivity contribution in [1.29, 1.82) is 0 Å². The second-order valence-corrected chi connectivity index (χ2v) is 5.38. The molecule has 2 rings (SSSR count). The van der Waals surface area contributed by atoms with Crippen LogP contribution in [0.15, 0.2) is 0 Å². The molecular formula is C12H21NO4. The van der Waals surface area contributed by atoms with Crippen LogP contribution in [0, 0.1) is 0 Å². The molecule has 0 spiro atoms. The molecule has 0 bridgehead atoms. The Labute approximate surface area is 102 Å². The van der Waals surface area contributed by atoms with Crippen molar-refractivity contribution in [3.8, 4) is 0 Å². The highest BCUT2D eigenvalue weighted by Gasteiger charge is 2.56. The Kier molecular flexibility index (Phi) is 3.08. The van der Waals surface area contributed by atoms with Gasteiger partial charge in [0.05, 0.1) is 12.1 Å². The number of nitrogens with one attached hydrogen (secondary N) is 1. The molecule has 0 aromatic carbocycles. The van der Waals surface area contributed by atoms with Crippen molar-refractivity contribution < 1.29 is 19.0 Å². The van der Waals surface area contributed by atoms with Gasteiger partial charge in [-0.2, -0.15) is 0 Å². The van der Waals surface area contributed by atoms with Crippen molar-refractivity contribution in [1.82, 2.24) is 5.32 Å². The van der Waals surface area contributed by atoms with Crippen molar-refractivity contribution in [2.75, 3.05) is 6.61 Å². The highest BCUT2D eigenvalue weighted by Crippen LogP contribution is 2.41. The van der Waals surface area contributed by atoms with Gasteiger partial charge in [0.25, 0.3) is 0 Å². The van der Waals surface area contributed by atoms with Crippen molar-refractivity contribution in [2.24, 2.45) is 0 Å². The van der Waals surface area contributed by atoms with E-state index in [-0.39, 0.29) is 18.2 Å². The van der Waals surface area contributed by atoms with Crippen molar-refractivity contribution >= 4 is 6.09 Å². The molecule has 2 aliphatic heterocycles. The molecule has 0 saturated carbocycles. The quantitative estimate of drug-likeness (QED) is 0.821. The fourth-order valence-electron chi connectivity index (χ4n) is 2.68. The minimum absolute atomic E-state index is 0.0190. The lowest BCUT2D eigenvalue weighted by atomic mass is 9.88. The predicted octanol–water partition coefficient (Wildman–Crippen LogP) is 1.81. The lowest BCUT2D eigenvalue weighted by Crippen LogP contribution is -2.54. The minimum Gasteiger partial charge on any atom is -0.447 e. The molecule has 0 radical (unpaired) electrons. The first-order valence-corrected chi connectivity index (χ1v) is 6.18. The number of ether oxygens (including phenoxy) is 3. The molecule has 0 aliphatic carbocycles. The molecule has 2 saturated heterocycles. The number of hydrogen-bond acceptors (Lipinski definition) is 4. The molecule has 0 unspecified atom stereocenters. The molecular weight excluding hydrogens is 222 g/mol. The van der Waals surface area contributed by atoms with Crippen LogP contribution < -0.4 is 5.32 Å². The molecule has 2 fully saturated rings. The predicted molar refractivity (Wildman–Crippen MR) is 61.6 cm³/mol. The molecule has 0 aromatic rings. The Morgan fingerprint density at radius 3 is 2.65 bits per heavy atom. The standard InChI is InChI=1S/C12H21NO4/c1-5-6-9-12(4,17-11(2,3)16-9)8-7-15-10(14)13-8/h8-9H,5-7H2,1-4H3,(H,13,14)/t8-,9+,12-/m0/s1. The Balaban J connectivity index is 2.17. The zero-order chi connectivity index (χ0) is 12.7. The minimum atomic E-state index is -0.609. The smallest absolute Gasteiger partial charge is 0.407 e. The number of amides is 1. The lowest BCUT2D eigenvalue weighted by molar-refractivity contribution is -0.164. The molecule has 5 nitrogen and oxygen atoms in total. The van der Waals surface area contributed by atoms with Gasteiger partial charge in [0.2, 0.25) is 0 Å². The monoisotopic (exact) mass is 243 g/mol. The SMILES string of the molecule is CCC[C@H]1OC(C)(C)O[C@@]1(C)[C@@H]1COC(=O)N1. The van der Waals surface area contributed by atoms with Crippen LogP contribution in [0.3, 0.4) is 0 Å². The Morgan fingerprint density at radius 1 is 1.41 bits per heavy atom. The third kappa shape index (κ3) is 2.26. The fourth-order valence-corrected chi connectivity index (χ4v) is 2.68. The summed E-state index contributed by atoms with van der Waals surface area (Å²) in [5.74, 6) is -0.609. The van der Waals surface area contributed by atoms with E-state index in [1.807, 2.05) is 20.8 Å². The summed E-state index contributed by atoms with van der Waals surface area (Å²) in [5.41, 5.74) is -0.522. The van der Waals surface area contributed by atoms with Gasteiger partial charge >= 0.3 is 6.09 Å². The number of hydrogen-bond donors (Lipinski definition) is 1. The third-order valence-corrected chi connectivity index (χ3v) is 3.45. The largest absolute Gasteiger partial charge is 0.447 e. The van der Waals surface area contributed by atoms with E-state index in [0.717, 1.165) is 12.8 Å². The van der Waals surface area contributed by atoms with Gasteiger partial charge in [0.1, 0.15) is 12.2 Å². The summed E-state index contributed by atoms with van der Waals surface area (Å²) in [4.78, 5) is 11.1. The summed E-state index contributed by atoms with van der Waals surface area (Å²) in [5, 5.41) is 2.80. The zero-order valence-corrected chi connectivity index (χ0v) is 10.9. The second-order valence-electron chi connectivity index (χ2n) is 5.38. The van der Waals surface area contributed by atoms with Crippen LogP contribution in [0.25, 0.3) is 0 Å². The van der Waals surface area contributed by atoms with E-state index in [1.165, 1.54) is 0 Å². The second kappa shape index (κ2) is 4.14. The number of carbonyl (C=O) groups excluding carboxylic acids is 1. The van der Waals surface area contributed by atoms with Crippen molar-refractivity contribution in [3.63, 3.8) is 0 Å². The van der Waals surface area contributed by atoms with Gasteiger partial charge in [0, 0.05) is 0 Å². The van der Waals surface area contributed by atoms with Crippen LogP contribution in [0.5, 0.6) is 0 Å². The summed E-state index contributed by atoms with van der Waals surface area (Å²) in [6.45, 7) is 8.24. The van der Waals surface area contributed by atoms with Gasteiger partial charge in [-0.3, -0.25) is 0 Å². The van der Waals surface area contributed by atoms with Crippen molar-refractivity contribution in [3.05, 3.63) is 0 Å². The van der Waals surface area contributed by atoms with E-state index in [0.29, 0.717) is 6.61 Å². The van der Waals surface area contributed by atoms with E-state index in [9.17, 15) is 4.79 Å². The summed E-state index contributed by atoms with van der Waals surface area (Å²) in [6, 6.07) is -0.145. The first-order chi connectivity index (χ1) is 7.87. The molecule has 3 atom stereocenters. The molecule has 17 heavy (non-hydrogen) atoms. The normalized spacial score (nSPS) is 40.1. The van der Waals surface area contributed by atoms with Crippen LogP contribution in [-0.2, 0) is 14.2 Å². The van der Waals surface area contributed by atoms with Crippen LogP contribution in [-0.4, -0.2) is 36.2 Å². The van der Waals surface area contributed by atoms with E-state index in [1.54, 1.807) is 0 Å². The van der Waals surface area contributed by atoms with Crippen LogP contribution in [0.1, 0.15) is 40.5 Å². The van der Waals surface area contributed by atoms with Gasteiger partial charge in [-0.1, -0.05) is 13.3 Å². The fraction of sp³-hybridized carbons (Fsp3) is 0.917. The maximum absolute atomic E-state index is 11.1. The van der Waals surface area contributed by atoms with Gasteiger partial charge in [-0.15, -0.1) is 0 Å². The van der Waals surface area contributed by atoms with Gasteiger partial charge in [0.15, 0.2) is 5.79 Å². The topological polar surface area (TPSA) is 56.8 Å². The highest BCUT2D eigenvalue weighted by molar-refractivity contribution is 5.70. The van der Waals surface area contributed by atoms with E-state index in [4.69, 9.17) is 14.2 Å². The summed E-state index contributed by atoms with van der Waals surface area (Å²) in [7, 11) is 0. The average molecular weight is 243 g/mol. The lowest BCUT2D eigenvalue weighted by Gasteiger charge is -2.33. The van der Waals surface area contributed by atoms with E-state index in [2.05, 4.69) is 12.2 Å². The number of alkyl carbamates (subject to hydrolysis) is 1.